The van der Waals surface area contributed by atoms with E-state index in [0.717, 1.165) is 11.3 Å². The minimum atomic E-state index is 0.0281. The van der Waals surface area contributed by atoms with Gasteiger partial charge in [0.05, 0.1) is 18.4 Å². The standard InChI is InChI=1S/C14H19N5O2/c1-19-11(5-6-17-19)9-16-8-10-3-4-13(21-2)12(7-10)14(15)18-20/h3-7,16,20H,8-9H2,1-2H3,(H2,15,18). The number of aromatic nitrogens is 2. The van der Waals surface area contributed by atoms with Crippen molar-refractivity contribution in [3.63, 3.8) is 0 Å². The summed E-state index contributed by atoms with van der Waals surface area (Å²) >= 11 is 0. The van der Waals surface area contributed by atoms with E-state index in [0.29, 0.717) is 24.4 Å². The molecule has 1 aromatic carbocycles. The van der Waals surface area contributed by atoms with E-state index in [2.05, 4.69) is 15.6 Å². The van der Waals surface area contributed by atoms with Gasteiger partial charge in [0, 0.05) is 26.3 Å². The number of hydrogen-bond donors (Lipinski definition) is 3. The lowest BCUT2D eigenvalue weighted by atomic mass is 10.1. The van der Waals surface area contributed by atoms with E-state index in [1.54, 1.807) is 19.4 Å². The molecule has 0 aliphatic carbocycles. The molecule has 4 N–H and O–H groups in total. The van der Waals surface area contributed by atoms with Crippen molar-refractivity contribution in [1.82, 2.24) is 15.1 Å². The van der Waals surface area contributed by atoms with Crippen LogP contribution in [0.25, 0.3) is 0 Å². The van der Waals surface area contributed by atoms with Crippen LogP contribution >= 0.6 is 0 Å². The molecule has 2 rings (SSSR count). The number of oxime groups is 1. The molecule has 21 heavy (non-hydrogen) atoms. The Kier molecular flexibility index (Phi) is 4.78. The molecule has 0 aliphatic rings. The highest BCUT2D eigenvalue weighted by atomic mass is 16.5. The quantitative estimate of drug-likeness (QED) is 0.316. The second kappa shape index (κ2) is 6.76. The Morgan fingerprint density at radius 2 is 2.24 bits per heavy atom. The van der Waals surface area contributed by atoms with Crippen LogP contribution in [0.3, 0.4) is 0 Å². The first-order valence-corrected chi connectivity index (χ1v) is 6.48. The number of nitrogens with zero attached hydrogens (tertiary/aromatic N) is 3. The maximum atomic E-state index is 8.81. The Balaban J connectivity index is 2.05. The van der Waals surface area contributed by atoms with Crippen molar-refractivity contribution in [2.24, 2.45) is 17.9 Å². The zero-order valence-corrected chi connectivity index (χ0v) is 12.1. The van der Waals surface area contributed by atoms with Crippen LogP contribution in [-0.4, -0.2) is 27.9 Å². The van der Waals surface area contributed by atoms with Crippen LogP contribution in [0.1, 0.15) is 16.8 Å². The maximum Gasteiger partial charge on any atom is 0.173 e. The summed E-state index contributed by atoms with van der Waals surface area (Å²) in [6, 6.07) is 7.53. The number of amidine groups is 1. The van der Waals surface area contributed by atoms with Gasteiger partial charge in [0.25, 0.3) is 0 Å². The van der Waals surface area contributed by atoms with Crippen molar-refractivity contribution in [2.75, 3.05) is 7.11 Å². The molecule has 7 nitrogen and oxygen atoms in total. The fourth-order valence-corrected chi connectivity index (χ4v) is 2.03. The van der Waals surface area contributed by atoms with Gasteiger partial charge in [0.2, 0.25) is 0 Å². The summed E-state index contributed by atoms with van der Waals surface area (Å²) in [4.78, 5) is 0. The molecule has 0 saturated heterocycles. The predicted octanol–water partition coefficient (Wildman–Crippen LogP) is 0.813. The van der Waals surface area contributed by atoms with E-state index >= 15 is 0 Å². The fourth-order valence-electron chi connectivity index (χ4n) is 2.03. The van der Waals surface area contributed by atoms with Crippen LogP contribution in [-0.2, 0) is 20.1 Å². The Hall–Kier alpha value is -2.54. The van der Waals surface area contributed by atoms with E-state index < -0.39 is 0 Å². The van der Waals surface area contributed by atoms with Gasteiger partial charge in [-0.2, -0.15) is 5.10 Å². The van der Waals surface area contributed by atoms with Crippen molar-refractivity contribution >= 4 is 5.84 Å². The monoisotopic (exact) mass is 289 g/mol. The van der Waals surface area contributed by atoms with Crippen molar-refractivity contribution in [3.05, 3.63) is 47.3 Å². The Labute approximate surface area is 123 Å². The molecule has 0 saturated carbocycles. The van der Waals surface area contributed by atoms with E-state index in [9.17, 15) is 0 Å². The second-order valence-corrected chi connectivity index (χ2v) is 4.57. The van der Waals surface area contributed by atoms with Crippen molar-refractivity contribution < 1.29 is 9.94 Å². The largest absolute Gasteiger partial charge is 0.496 e. The van der Waals surface area contributed by atoms with Gasteiger partial charge in [-0.15, -0.1) is 0 Å². The summed E-state index contributed by atoms with van der Waals surface area (Å²) in [7, 11) is 3.45. The van der Waals surface area contributed by atoms with Crippen LogP contribution < -0.4 is 15.8 Å². The molecule has 1 aromatic heterocycles. The molecule has 1 heterocycles. The SMILES string of the molecule is COc1ccc(CNCc2ccnn2C)cc1C(N)=NO. The first-order chi connectivity index (χ1) is 10.2. The van der Waals surface area contributed by atoms with Crippen molar-refractivity contribution in [2.45, 2.75) is 13.1 Å². The van der Waals surface area contributed by atoms with Crippen LogP contribution in [0.5, 0.6) is 5.75 Å². The molecule has 7 heteroatoms. The lowest BCUT2D eigenvalue weighted by Crippen LogP contribution is -2.17. The average molecular weight is 289 g/mol. The predicted molar refractivity (Wildman–Crippen MR) is 79.3 cm³/mol. The van der Waals surface area contributed by atoms with Gasteiger partial charge in [-0.05, 0) is 23.8 Å². The van der Waals surface area contributed by atoms with E-state index in [1.165, 1.54) is 0 Å². The fraction of sp³-hybridized carbons (Fsp3) is 0.286. The molecule has 0 radical (unpaired) electrons. The summed E-state index contributed by atoms with van der Waals surface area (Å²) < 4.78 is 7.02. The number of aryl methyl sites for hydroxylation is 1. The number of methoxy groups -OCH3 is 1. The molecule has 0 aliphatic heterocycles. The molecule has 0 bridgehead atoms. The highest BCUT2D eigenvalue weighted by Crippen LogP contribution is 2.19. The van der Waals surface area contributed by atoms with E-state index in [4.69, 9.17) is 15.7 Å². The van der Waals surface area contributed by atoms with Gasteiger partial charge < -0.3 is 21.0 Å². The average Bonchev–Trinajstić information content (AvgIpc) is 2.91. The second-order valence-electron chi connectivity index (χ2n) is 4.57. The van der Waals surface area contributed by atoms with Gasteiger partial charge in [-0.3, -0.25) is 4.68 Å². The minimum Gasteiger partial charge on any atom is -0.496 e. The summed E-state index contributed by atoms with van der Waals surface area (Å²) in [5.74, 6) is 0.598. The topological polar surface area (TPSA) is 97.7 Å². The van der Waals surface area contributed by atoms with Gasteiger partial charge in [-0.1, -0.05) is 11.2 Å². The van der Waals surface area contributed by atoms with Gasteiger partial charge >= 0.3 is 0 Å². The maximum absolute atomic E-state index is 8.81. The number of nitrogens with two attached hydrogens (primary N) is 1. The highest BCUT2D eigenvalue weighted by Gasteiger charge is 2.09. The van der Waals surface area contributed by atoms with E-state index in [1.807, 2.05) is 29.9 Å². The molecule has 0 unspecified atom stereocenters. The lowest BCUT2D eigenvalue weighted by Gasteiger charge is -2.10. The lowest BCUT2D eigenvalue weighted by molar-refractivity contribution is 0.318. The number of ether oxygens (including phenoxy) is 1. The highest BCUT2D eigenvalue weighted by molar-refractivity contribution is 5.99. The molecular formula is C14H19N5O2. The molecule has 112 valence electrons. The van der Waals surface area contributed by atoms with Crippen LogP contribution in [0.2, 0.25) is 0 Å². The number of benzene rings is 1. The van der Waals surface area contributed by atoms with Crippen molar-refractivity contribution in [3.8, 4) is 5.75 Å². The zero-order chi connectivity index (χ0) is 15.2. The minimum absolute atomic E-state index is 0.0281. The molecule has 0 spiro atoms. The molecule has 0 amide bonds. The normalized spacial score (nSPS) is 11.6. The Morgan fingerprint density at radius 3 is 2.86 bits per heavy atom. The third kappa shape index (κ3) is 3.51. The zero-order valence-electron chi connectivity index (χ0n) is 12.1. The van der Waals surface area contributed by atoms with Gasteiger partial charge in [0.15, 0.2) is 5.84 Å². The molecular weight excluding hydrogens is 270 g/mol. The summed E-state index contributed by atoms with van der Waals surface area (Å²) in [6.45, 7) is 1.36. The summed E-state index contributed by atoms with van der Waals surface area (Å²) in [6.07, 6.45) is 1.76. The third-order valence-corrected chi connectivity index (χ3v) is 3.21. The third-order valence-electron chi connectivity index (χ3n) is 3.21. The Morgan fingerprint density at radius 1 is 1.43 bits per heavy atom. The van der Waals surface area contributed by atoms with Gasteiger partial charge in [-0.25, -0.2) is 0 Å². The van der Waals surface area contributed by atoms with E-state index in [-0.39, 0.29) is 5.84 Å². The first-order valence-electron chi connectivity index (χ1n) is 6.48. The van der Waals surface area contributed by atoms with Crippen LogP contribution in [0.4, 0.5) is 0 Å². The summed E-state index contributed by atoms with van der Waals surface area (Å²) in [5.41, 5.74) is 8.33. The number of nitrogens with one attached hydrogen (secondary N) is 1. The number of hydrogen-bond acceptors (Lipinski definition) is 5. The molecule has 0 atom stereocenters. The molecule has 2 aromatic rings. The summed E-state index contributed by atoms with van der Waals surface area (Å²) in [5, 5.41) is 19.3. The smallest absolute Gasteiger partial charge is 0.173 e. The van der Waals surface area contributed by atoms with Gasteiger partial charge in [0.1, 0.15) is 5.75 Å². The first kappa shape index (κ1) is 14.9. The van der Waals surface area contributed by atoms with Crippen LogP contribution in [0.15, 0.2) is 35.6 Å². The number of rotatable bonds is 6. The molecule has 0 fully saturated rings. The Bertz CT molecular complexity index is 636. The van der Waals surface area contributed by atoms with Crippen molar-refractivity contribution in [1.29, 1.82) is 0 Å². The van der Waals surface area contributed by atoms with Crippen LogP contribution in [0, 0.1) is 0 Å².